The number of hydrogen-bond donors (Lipinski definition) is 0. The molecule has 642 valence electrons. The topological polar surface area (TPSA) is 0 Å². The molecule has 0 aliphatic rings. The van der Waals surface area contributed by atoms with Gasteiger partial charge in [-0.25, -0.2) is 0 Å². The van der Waals surface area contributed by atoms with Crippen LogP contribution in [0.3, 0.4) is 0 Å². The SMILES string of the molecule is Cc1c(C)c(C)c2c(C)c3c(C)c4c(C)c5c(C)c(C)c(C)c(C)c5c(C)c4c(C)c3c(C)c2c1C.Cc1c(C)c2c(C)c(C)c3c(C)c(C)c4c(C)c(C)c5c(C)c(C)c6c(C)c(C)c1c1c2c3c4c5c61.Cc1c(C)c2c(C)c3c(C)c(C)c4c(C)c(C)c5c(C)c6c(C)c(C)c7c(C)c8c(C)c(C)c9c(C)c(C)c%10c(C)c1c1cc%10c9c8cc7c6cc5c4c3cc21. The van der Waals surface area contributed by atoms with Gasteiger partial charge in [-0.15, -0.1) is 0 Å². The van der Waals surface area contributed by atoms with Gasteiger partial charge in [-0.3, -0.25) is 0 Å². The van der Waals surface area contributed by atoms with E-state index < -0.39 is 0 Å². The zero-order valence-electron chi connectivity index (χ0n) is 85.3. The largest absolute Gasteiger partial charge is 0.0452 e. The van der Waals surface area contributed by atoms with Crippen molar-refractivity contribution in [2.24, 2.45) is 0 Å². The summed E-state index contributed by atoms with van der Waals surface area (Å²) in [6.07, 6.45) is 0. The van der Waals surface area contributed by atoms with Crippen LogP contribution in [0.1, 0.15) is 234 Å². The molecule has 0 N–H and O–H groups in total. The van der Waals surface area contributed by atoms with Gasteiger partial charge >= 0.3 is 0 Å². The summed E-state index contributed by atoms with van der Waals surface area (Å²) in [4.78, 5) is 0. The second kappa shape index (κ2) is 26.8. The van der Waals surface area contributed by atoms with E-state index in [0.717, 1.165) is 0 Å². The number of benzene rings is 22. The smallest absolute Gasteiger partial charge is 0.000793 e. The first-order valence-electron chi connectivity index (χ1n) is 47.8. The van der Waals surface area contributed by atoms with Crippen molar-refractivity contribution in [3.05, 3.63) is 258 Å². The molecular weight excluding hydrogens is 1540 g/mol. The van der Waals surface area contributed by atoms with E-state index >= 15 is 0 Å². The van der Waals surface area contributed by atoms with Crippen LogP contribution in [0.4, 0.5) is 0 Å². The number of hydrogen-bond acceptors (Lipinski definition) is 0. The van der Waals surface area contributed by atoms with E-state index in [1.54, 1.807) is 0 Å². The van der Waals surface area contributed by atoms with Crippen LogP contribution in [0, 0.1) is 291 Å². The Morgan fingerprint density at radius 2 is 0.141 bits per heavy atom. The average molecular weight is 1670 g/mol. The molecule has 23 rings (SSSR count). The summed E-state index contributed by atoms with van der Waals surface area (Å²) < 4.78 is 0. The Morgan fingerprint density at radius 3 is 0.273 bits per heavy atom. The molecule has 0 aromatic heterocycles. The maximum Gasteiger partial charge on any atom is -0.000793 e. The van der Waals surface area contributed by atoms with Crippen molar-refractivity contribution >= 4 is 215 Å². The Hall–Kier alpha value is -11.2. The Bertz CT molecular complexity index is 8060. The lowest BCUT2D eigenvalue weighted by Crippen LogP contribution is -2.06. The van der Waals surface area contributed by atoms with Crippen LogP contribution in [0.2, 0.25) is 0 Å². The molecular formula is C128H130. The minimum Gasteiger partial charge on any atom is -0.0452 e. The van der Waals surface area contributed by atoms with Gasteiger partial charge in [0.25, 0.3) is 0 Å². The predicted molar refractivity (Wildman–Crippen MR) is 576 cm³/mol. The minimum atomic E-state index is 1.40. The van der Waals surface area contributed by atoms with E-state index in [-0.39, 0.29) is 0 Å². The summed E-state index contributed by atoms with van der Waals surface area (Å²) >= 11 is 0. The van der Waals surface area contributed by atoms with Gasteiger partial charge < -0.3 is 0 Å². The van der Waals surface area contributed by atoms with Crippen molar-refractivity contribution in [1.29, 1.82) is 0 Å². The van der Waals surface area contributed by atoms with Crippen LogP contribution in [0.15, 0.2) is 24.3 Å². The van der Waals surface area contributed by atoms with Crippen molar-refractivity contribution in [3.63, 3.8) is 0 Å². The standard InChI is InChI=1S/C56H52.C36H36.C36H42/c1-21-22(2)46-34(14)50-26(6)30(10)54-32(12)28(8)52-36(16)48-24(4)23(3)47-35(15)51-27(7)31(11)53-29(9)25(5)49-33(13)45(21)37-17-41(49)55(53)43(51)19-39(47)40(48)20-44(52)56(54)42(50)18-38(37)46;1-13-14(2)26-17(5)18(6)28-21(9)23(11)30-24(12)22(10)29-20(8)19(7)27-16(4)15(3)25(13)31-32(26)34(28)36(30)35(29)33(27)31;1-15-16(2)20(6)30-24(10)34-28(14)36-26(12)32-22(8)18(4)17(3)21(7)31(32)25(11)35(36)27(13)33(34)23(9)29(30)19(15)5/h17-20H,1-16H3;1-12H3;1-14H3. The fourth-order valence-electron chi connectivity index (χ4n) is 29.5. The molecule has 0 saturated heterocycles. The predicted octanol–water partition coefficient (Wildman–Crippen LogP) is 37.7. The number of rotatable bonds is 0. The highest BCUT2D eigenvalue weighted by Gasteiger charge is 2.35. The molecule has 0 heterocycles. The number of aryl methyl sites for hydroxylation is 38. The zero-order chi connectivity index (χ0) is 92.2. The quantitative estimate of drug-likeness (QED) is 0.105. The molecule has 0 aliphatic carbocycles. The molecule has 0 unspecified atom stereocenters. The molecule has 128 heavy (non-hydrogen) atoms. The zero-order valence-corrected chi connectivity index (χ0v) is 85.3. The van der Waals surface area contributed by atoms with Gasteiger partial charge in [0, 0.05) is 0 Å². The molecule has 23 aromatic rings. The second-order valence-electron chi connectivity index (χ2n) is 42.1. The second-order valence-corrected chi connectivity index (χ2v) is 42.1. The molecule has 0 atom stereocenters. The maximum absolute atomic E-state index is 2.64. The monoisotopic (exact) mass is 1670 g/mol. The van der Waals surface area contributed by atoms with E-state index in [4.69, 9.17) is 0 Å². The molecule has 0 nitrogen and oxygen atoms in total. The van der Waals surface area contributed by atoms with Gasteiger partial charge in [-0.2, -0.15) is 0 Å². The lowest BCUT2D eigenvalue weighted by atomic mass is 9.72. The summed E-state index contributed by atoms with van der Waals surface area (Å²) in [5.41, 5.74) is 60.4. The van der Waals surface area contributed by atoms with E-state index in [0.29, 0.717) is 0 Å². The van der Waals surface area contributed by atoms with Crippen LogP contribution in [0.5, 0.6) is 0 Å². The van der Waals surface area contributed by atoms with E-state index in [9.17, 15) is 0 Å². The molecule has 0 spiro atoms. The van der Waals surface area contributed by atoms with Crippen LogP contribution < -0.4 is 0 Å². The summed E-state index contributed by atoms with van der Waals surface area (Å²) in [7, 11) is 0. The lowest BCUT2D eigenvalue weighted by molar-refractivity contribution is 1.24. The lowest BCUT2D eigenvalue weighted by Gasteiger charge is -2.31. The third kappa shape index (κ3) is 9.45. The van der Waals surface area contributed by atoms with Crippen LogP contribution >= 0.6 is 0 Å². The van der Waals surface area contributed by atoms with Crippen molar-refractivity contribution in [3.8, 4) is 0 Å². The van der Waals surface area contributed by atoms with Crippen molar-refractivity contribution in [1.82, 2.24) is 0 Å². The molecule has 8 bridgehead atoms. The van der Waals surface area contributed by atoms with E-state index in [2.05, 4.69) is 315 Å². The maximum atomic E-state index is 2.64. The fraction of sp³-hybridized carbons (Fsp3) is 0.328. The fourth-order valence-corrected chi connectivity index (χ4v) is 29.5. The molecule has 0 radical (unpaired) electrons. The van der Waals surface area contributed by atoms with Gasteiger partial charge in [-0.1, -0.05) is 0 Å². The minimum absolute atomic E-state index is 1.40. The van der Waals surface area contributed by atoms with Crippen molar-refractivity contribution in [2.45, 2.75) is 291 Å². The normalized spacial score (nSPS) is 12.8. The van der Waals surface area contributed by atoms with Crippen LogP contribution in [-0.2, 0) is 0 Å². The van der Waals surface area contributed by atoms with Gasteiger partial charge in [0.05, 0.1) is 0 Å². The van der Waals surface area contributed by atoms with Crippen molar-refractivity contribution in [2.75, 3.05) is 0 Å². The third-order valence-electron chi connectivity index (χ3n) is 37.6. The Morgan fingerprint density at radius 1 is 0.0625 bits per heavy atom. The molecule has 0 heteroatoms. The van der Waals surface area contributed by atoms with E-state index in [1.807, 2.05) is 0 Å². The van der Waals surface area contributed by atoms with Crippen LogP contribution in [-0.4, -0.2) is 0 Å². The van der Waals surface area contributed by atoms with E-state index in [1.165, 1.54) is 449 Å². The molecule has 0 fully saturated rings. The van der Waals surface area contributed by atoms with Gasteiger partial charge in [-0.05, 0) is 764 Å². The first-order chi connectivity index (χ1) is 60.2. The van der Waals surface area contributed by atoms with Gasteiger partial charge in [0.1, 0.15) is 0 Å². The van der Waals surface area contributed by atoms with Crippen LogP contribution in [0.25, 0.3) is 215 Å². The Balaban J connectivity index is 0.000000122. The van der Waals surface area contributed by atoms with Crippen molar-refractivity contribution < 1.29 is 0 Å². The first-order valence-corrected chi connectivity index (χ1v) is 47.8. The summed E-state index contributed by atoms with van der Waals surface area (Å²) in [6, 6.07) is 10.6. The highest BCUT2D eigenvalue weighted by atomic mass is 14.4. The Kier molecular flexibility index (Phi) is 17.5. The highest BCUT2D eigenvalue weighted by molar-refractivity contribution is 6.48. The summed E-state index contributed by atoms with van der Waals surface area (Å²) in [5.74, 6) is 0. The molecule has 0 saturated carbocycles. The van der Waals surface area contributed by atoms with Gasteiger partial charge in [0.2, 0.25) is 0 Å². The number of fused-ring (bicyclic) bond motifs is 4. The third-order valence-corrected chi connectivity index (χ3v) is 37.6. The average Bonchev–Trinajstić information content (AvgIpc) is 0.643. The van der Waals surface area contributed by atoms with Gasteiger partial charge in [0.15, 0.2) is 0 Å². The summed E-state index contributed by atoms with van der Waals surface area (Å²) in [5, 5.41) is 58.3. The molecule has 0 aliphatic heterocycles. The summed E-state index contributed by atoms with van der Waals surface area (Å²) in [6.45, 7) is 99.4. The highest BCUT2D eigenvalue weighted by Crippen LogP contribution is 2.60. The Labute approximate surface area is 758 Å². The molecule has 23 aromatic carbocycles. The first kappa shape index (κ1) is 83.7. The molecule has 0 amide bonds.